The lowest BCUT2D eigenvalue weighted by molar-refractivity contribution is 0.0984. The van der Waals surface area contributed by atoms with Crippen molar-refractivity contribution in [2.24, 2.45) is 0 Å². The molecular formula is C17H17BrN2O. The number of hydrogen-bond donors (Lipinski definition) is 1. The first kappa shape index (κ1) is 14.1. The van der Waals surface area contributed by atoms with Crippen LogP contribution in [0.15, 0.2) is 40.9 Å². The lowest BCUT2D eigenvalue weighted by Gasteiger charge is -2.30. The van der Waals surface area contributed by atoms with Gasteiger partial charge in [-0.15, -0.1) is 0 Å². The van der Waals surface area contributed by atoms with Crippen molar-refractivity contribution in [2.75, 3.05) is 17.2 Å². The lowest BCUT2D eigenvalue weighted by Crippen LogP contribution is -2.36. The van der Waals surface area contributed by atoms with Gasteiger partial charge in [0.25, 0.3) is 5.91 Å². The summed E-state index contributed by atoms with van der Waals surface area (Å²) in [7, 11) is 0. The largest absolute Gasteiger partial charge is 0.398 e. The highest BCUT2D eigenvalue weighted by molar-refractivity contribution is 9.10. The third-order valence-corrected chi connectivity index (χ3v) is 4.54. The van der Waals surface area contributed by atoms with Gasteiger partial charge in [0, 0.05) is 22.4 Å². The quantitative estimate of drug-likeness (QED) is 0.796. The number of carbonyl (C=O) groups is 1. The maximum Gasteiger partial charge on any atom is 0.259 e. The summed E-state index contributed by atoms with van der Waals surface area (Å²) in [5.74, 6) is 0.0217. The molecular weight excluding hydrogens is 328 g/mol. The summed E-state index contributed by atoms with van der Waals surface area (Å²) in [6, 6.07) is 11.6. The first-order chi connectivity index (χ1) is 10.1. The highest BCUT2D eigenvalue weighted by Gasteiger charge is 2.25. The molecule has 0 fully saturated rings. The number of fused-ring (bicyclic) bond motifs is 1. The van der Waals surface area contributed by atoms with Gasteiger partial charge in [0.05, 0.1) is 5.56 Å². The minimum Gasteiger partial charge on any atom is -0.398 e. The molecule has 3 rings (SSSR count). The maximum absolute atomic E-state index is 12.9. The molecule has 1 amide bonds. The summed E-state index contributed by atoms with van der Waals surface area (Å²) in [6.45, 7) is 2.74. The molecule has 2 aromatic rings. The third kappa shape index (κ3) is 2.56. The molecule has 2 N–H and O–H groups in total. The number of carbonyl (C=O) groups excluding carboxylic acids is 1. The highest BCUT2D eigenvalue weighted by Crippen LogP contribution is 2.33. The van der Waals surface area contributed by atoms with E-state index in [9.17, 15) is 4.79 Å². The fourth-order valence-corrected chi connectivity index (χ4v) is 3.46. The molecule has 0 spiro atoms. The van der Waals surface area contributed by atoms with Crippen LogP contribution in [0.5, 0.6) is 0 Å². The third-order valence-electron chi connectivity index (χ3n) is 3.89. The van der Waals surface area contributed by atoms with Gasteiger partial charge in [-0.1, -0.05) is 12.1 Å². The summed E-state index contributed by atoms with van der Waals surface area (Å²) in [4.78, 5) is 14.7. The van der Waals surface area contributed by atoms with E-state index in [0.717, 1.165) is 46.4 Å². The van der Waals surface area contributed by atoms with E-state index < -0.39 is 0 Å². The van der Waals surface area contributed by atoms with Crippen molar-refractivity contribution in [2.45, 2.75) is 19.8 Å². The van der Waals surface area contributed by atoms with E-state index in [4.69, 9.17) is 5.73 Å². The molecule has 0 unspecified atom stereocenters. The number of nitrogens with two attached hydrogens (primary N) is 1. The molecule has 0 aromatic heterocycles. The van der Waals surface area contributed by atoms with Crippen LogP contribution in [0, 0.1) is 6.92 Å². The number of hydrogen-bond acceptors (Lipinski definition) is 2. The van der Waals surface area contributed by atoms with Crippen molar-refractivity contribution in [3.8, 4) is 0 Å². The van der Waals surface area contributed by atoms with Gasteiger partial charge in [-0.3, -0.25) is 4.79 Å². The van der Waals surface area contributed by atoms with E-state index in [2.05, 4.69) is 15.9 Å². The number of aryl methyl sites for hydroxylation is 1. The second-order valence-corrected chi connectivity index (χ2v) is 6.24. The Balaban J connectivity index is 2.02. The molecule has 108 valence electrons. The number of anilines is 2. The topological polar surface area (TPSA) is 46.3 Å². The Kier molecular flexibility index (Phi) is 3.72. The van der Waals surface area contributed by atoms with Gasteiger partial charge in [-0.2, -0.15) is 0 Å². The number of nitrogens with zero attached hydrogens (tertiary/aromatic N) is 1. The summed E-state index contributed by atoms with van der Waals surface area (Å²) in [6.07, 6.45) is 1.87. The zero-order valence-electron chi connectivity index (χ0n) is 11.9. The Morgan fingerprint density at radius 2 is 2.10 bits per heavy atom. The molecule has 0 bridgehead atoms. The van der Waals surface area contributed by atoms with Crippen LogP contribution in [0.1, 0.15) is 27.9 Å². The van der Waals surface area contributed by atoms with Crippen molar-refractivity contribution < 1.29 is 4.79 Å². The predicted molar refractivity (Wildman–Crippen MR) is 89.7 cm³/mol. The molecule has 2 aromatic carbocycles. The first-order valence-corrected chi connectivity index (χ1v) is 7.82. The molecule has 4 heteroatoms. The van der Waals surface area contributed by atoms with E-state index in [1.165, 1.54) is 0 Å². The molecule has 0 saturated heterocycles. The predicted octanol–water partition coefficient (Wildman–Crippen LogP) is 3.93. The van der Waals surface area contributed by atoms with Crippen molar-refractivity contribution in [1.82, 2.24) is 0 Å². The summed E-state index contributed by atoms with van der Waals surface area (Å²) < 4.78 is 0.837. The van der Waals surface area contributed by atoms with E-state index in [-0.39, 0.29) is 5.91 Å². The van der Waals surface area contributed by atoms with Gasteiger partial charge < -0.3 is 10.6 Å². The van der Waals surface area contributed by atoms with Crippen molar-refractivity contribution >= 4 is 33.2 Å². The monoisotopic (exact) mass is 344 g/mol. The van der Waals surface area contributed by atoms with Gasteiger partial charge in [0.15, 0.2) is 0 Å². The van der Waals surface area contributed by atoms with Gasteiger partial charge >= 0.3 is 0 Å². The van der Waals surface area contributed by atoms with Crippen LogP contribution in [0.3, 0.4) is 0 Å². The van der Waals surface area contributed by atoms with Gasteiger partial charge in [0.1, 0.15) is 0 Å². The Morgan fingerprint density at radius 3 is 2.86 bits per heavy atom. The molecule has 0 saturated carbocycles. The number of halogens is 1. The molecule has 1 aliphatic rings. The summed E-state index contributed by atoms with van der Waals surface area (Å²) in [5.41, 5.74) is 10.7. The Labute approximate surface area is 132 Å². The average molecular weight is 345 g/mol. The second-order valence-electron chi connectivity index (χ2n) is 5.39. The summed E-state index contributed by atoms with van der Waals surface area (Å²) in [5, 5.41) is 0. The van der Waals surface area contributed by atoms with Gasteiger partial charge in [-0.25, -0.2) is 0 Å². The van der Waals surface area contributed by atoms with E-state index in [0.29, 0.717) is 5.56 Å². The van der Waals surface area contributed by atoms with Crippen LogP contribution in [0.2, 0.25) is 0 Å². The second kappa shape index (κ2) is 5.53. The number of amides is 1. The van der Waals surface area contributed by atoms with Crippen molar-refractivity contribution in [3.05, 3.63) is 57.6 Å². The van der Waals surface area contributed by atoms with Gasteiger partial charge in [0.2, 0.25) is 0 Å². The minimum atomic E-state index is 0.0217. The maximum atomic E-state index is 12.9. The van der Waals surface area contributed by atoms with Crippen LogP contribution in [-0.2, 0) is 6.42 Å². The standard InChI is InChI=1S/C17H17BrN2O/c1-11-7-8-12(14(18)10-11)17(21)20-9-3-4-13-15(19)5-2-6-16(13)20/h2,5-8,10H,3-4,9,19H2,1H3. The van der Waals surface area contributed by atoms with E-state index in [1.807, 2.05) is 48.2 Å². The van der Waals surface area contributed by atoms with Crippen molar-refractivity contribution in [1.29, 1.82) is 0 Å². The Morgan fingerprint density at radius 1 is 1.29 bits per heavy atom. The molecule has 0 atom stereocenters. The molecule has 21 heavy (non-hydrogen) atoms. The molecule has 0 aliphatic carbocycles. The molecule has 3 nitrogen and oxygen atoms in total. The normalized spacial score (nSPS) is 13.9. The molecule has 1 heterocycles. The molecule has 0 radical (unpaired) electrons. The average Bonchev–Trinajstić information content (AvgIpc) is 2.46. The fraction of sp³-hybridized carbons (Fsp3) is 0.235. The van der Waals surface area contributed by atoms with Crippen LogP contribution in [-0.4, -0.2) is 12.5 Å². The van der Waals surface area contributed by atoms with E-state index >= 15 is 0 Å². The first-order valence-electron chi connectivity index (χ1n) is 7.03. The molecule has 1 aliphatic heterocycles. The zero-order valence-corrected chi connectivity index (χ0v) is 13.5. The van der Waals surface area contributed by atoms with Crippen LogP contribution >= 0.6 is 15.9 Å². The Bertz CT molecular complexity index is 712. The van der Waals surface area contributed by atoms with E-state index in [1.54, 1.807) is 0 Å². The number of rotatable bonds is 1. The number of nitrogen functional groups attached to an aromatic ring is 1. The SMILES string of the molecule is Cc1ccc(C(=O)N2CCCc3c(N)cccc32)c(Br)c1. The smallest absolute Gasteiger partial charge is 0.259 e. The highest BCUT2D eigenvalue weighted by atomic mass is 79.9. The van der Waals surface area contributed by atoms with Gasteiger partial charge in [-0.05, 0) is 71.1 Å². The lowest BCUT2D eigenvalue weighted by atomic mass is 9.99. The minimum absolute atomic E-state index is 0.0217. The van der Waals surface area contributed by atoms with Crippen molar-refractivity contribution in [3.63, 3.8) is 0 Å². The number of benzene rings is 2. The fourth-order valence-electron chi connectivity index (χ4n) is 2.80. The zero-order chi connectivity index (χ0) is 15.0. The van der Waals surface area contributed by atoms with Crippen LogP contribution < -0.4 is 10.6 Å². The Hall–Kier alpha value is -1.81. The summed E-state index contributed by atoms with van der Waals surface area (Å²) >= 11 is 3.50. The van der Waals surface area contributed by atoms with Crippen LogP contribution in [0.4, 0.5) is 11.4 Å². The van der Waals surface area contributed by atoms with Crippen LogP contribution in [0.25, 0.3) is 0 Å².